The predicted molar refractivity (Wildman–Crippen MR) is 104 cm³/mol. The van der Waals surface area contributed by atoms with Crippen molar-refractivity contribution in [2.45, 2.75) is 4.90 Å². The van der Waals surface area contributed by atoms with E-state index in [0.717, 1.165) is 13.1 Å². The van der Waals surface area contributed by atoms with Gasteiger partial charge in [0.2, 0.25) is 0 Å². The first-order valence-corrected chi connectivity index (χ1v) is 9.88. The first-order chi connectivity index (χ1) is 12.9. The zero-order valence-electron chi connectivity index (χ0n) is 14.6. The highest BCUT2D eigenvalue weighted by molar-refractivity contribution is 7.90. The molecule has 0 aliphatic carbocycles. The Kier molecular flexibility index (Phi) is 5.43. The van der Waals surface area contributed by atoms with Crippen molar-refractivity contribution in [1.82, 2.24) is 10.2 Å². The number of piperazine rings is 1. The van der Waals surface area contributed by atoms with Crippen molar-refractivity contribution in [3.63, 3.8) is 0 Å². The molecule has 0 aromatic heterocycles. The Morgan fingerprint density at radius 1 is 1.07 bits per heavy atom. The topological polar surface area (TPSA) is 131 Å². The second-order valence-corrected chi connectivity index (χ2v) is 7.71. The zero-order valence-corrected chi connectivity index (χ0v) is 15.4. The largest absolute Gasteiger partial charge is 0.398 e. The van der Waals surface area contributed by atoms with Crippen molar-refractivity contribution in [1.29, 1.82) is 0 Å². The highest BCUT2D eigenvalue weighted by Gasteiger charge is 2.20. The molecule has 1 aliphatic heterocycles. The van der Waals surface area contributed by atoms with Crippen molar-refractivity contribution < 1.29 is 13.2 Å². The summed E-state index contributed by atoms with van der Waals surface area (Å²) in [6, 6.07) is 12.4. The summed E-state index contributed by atoms with van der Waals surface area (Å²) in [7, 11) is -3.97. The molecule has 0 unspecified atom stereocenters. The van der Waals surface area contributed by atoms with Gasteiger partial charge in [0.05, 0.1) is 4.90 Å². The van der Waals surface area contributed by atoms with E-state index in [4.69, 9.17) is 11.5 Å². The number of amidine groups is 1. The minimum atomic E-state index is -3.97. The smallest absolute Gasteiger partial charge is 0.284 e. The fraction of sp³-hybridized carbons (Fsp3) is 0.222. The molecule has 142 valence electrons. The van der Waals surface area contributed by atoms with Crippen LogP contribution in [0.15, 0.2) is 57.8 Å². The number of carbonyl (C=O) groups is 1. The van der Waals surface area contributed by atoms with E-state index in [2.05, 4.69) is 9.71 Å². The van der Waals surface area contributed by atoms with E-state index in [1.165, 1.54) is 24.3 Å². The molecule has 8 nitrogen and oxygen atoms in total. The Labute approximate surface area is 157 Å². The number of rotatable bonds is 4. The van der Waals surface area contributed by atoms with Gasteiger partial charge in [-0.2, -0.15) is 8.42 Å². The summed E-state index contributed by atoms with van der Waals surface area (Å²) in [6.45, 7) is 2.66. The number of nitrogen functional groups attached to an aromatic ring is 1. The number of hydrogen-bond donors (Lipinski definition) is 3. The van der Waals surface area contributed by atoms with Crippen molar-refractivity contribution in [2.75, 3.05) is 31.9 Å². The molecule has 0 spiro atoms. The van der Waals surface area contributed by atoms with Crippen LogP contribution in [0.4, 0.5) is 5.69 Å². The maximum absolute atomic E-state index is 12.7. The number of anilines is 1. The Morgan fingerprint density at radius 3 is 2.41 bits per heavy atom. The third kappa shape index (κ3) is 4.26. The lowest BCUT2D eigenvalue weighted by atomic mass is 10.1. The minimum absolute atomic E-state index is 0.0274. The molecule has 5 N–H and O–H groups in total. The zero-order chi connectivity index (χ0) is 19.4. The third-order valence-electron chi connectivity index (χ3n) is 4.24. The molecular weight excluding hydrogens is 366 g/mol. The normalized spacial score (nSPS) is 15.6. The molecule has 9 heteroatoms. The van der Waals surface area contributed by atoms with Crippen LogP contribution in [0.25, 0.3) is 0 Å². The lowest BCUT2D eigenvalue weighted by Gasteiger charge is -2.27. The lowest BCUT2D eigenvalue weighted by Crippen LogP contribution is -2.46. The number of nitrogens with two attached hydrogens (primary N) is 2. The number of benzene rings is 2. The number of amides is 1. The molecule has 1 heterocycles. The van der Waals surface area contributed by atoms with E-state index in [0.29, 0.717) is 18.7 Å². The van der Waals surface area contributed by atoms with Crippen molar-refractivity contribution in [3.8, 4) is 0 Å². The molecule has 0 bridgehead atoms. The average molecular weight is 387 g/mol. The first-order valence-electron chi connectivity index (χ1n) is 8.44. The monoisotopic (exact) mass is 387 g/mol. The van der Waals surface area contributed by atoms with Gasteiger partial charge in [-0.25, -0.2) is 0 Å². The number of nitrogens with zero attached hydrogens (tertiary/aromatic N) is 2. The molecule has 0 radical (unpaired) electrons. The van der Waals surface area contributed by atoms with E-state index in [-0.39, 0.29) is 27.9 Å². The maximum Gasteiger partial charge on any atom is 0.284 e. The predicted octanol–water partition coefficient (Wildman–Crippen LogP) is 0.408. The van der Waals surface area contributed by atoms with Crippen LogP contribution < -0.4 is 16.8 Å². The van der Waals surface area contributed by atoms with Gasteiger partial charge in [0.1, 0.15) is 5.84 Å². The van der Waals surface area contributed by atoms with E-state index in [1.807, 2.05) is 0 Å². The second kappa shape index (κ2) is 7.77. The van der Waals surface area contributed by atoms with Gasteiger partial charge >= 0.3 is 0 Å². The average Bonchev–Trinajstić information content (AvgIpc) is 2.69. The van der Waals surface area contributed by atoms with E-state index in [1.54, 1.807) is 29.2 Å². The summed E-state index contributed by atoms with van der Waals surface area (Å²) in [5.74, 6) is -0.414. The number of sulfonamides is 1. The summed E-state index contributed by atoms with van der Waals surface area (Å²) in [5.41, 5.74) is 12.7. The molecule has 1 amide bonds. The highest BCUT2D eigenvalue weighted by atomic mass is 32.2. The van der Waals surface area contributed by atoms with Gasteiger partial charge in [0.15, 0.2) is 0 Å². The lowest BCUT2D eigenvalue weighted by molar-refractivity contribution is 0.0736. The van der Waals surface area contributed by atoms with Gasteiger partial charge in [-0.05, 0) is 30.3 Å². The van der Waals surface area contributed by atoms with Crippen LogP contribution in [0, 0.1) is 0 Å². The Balaban J connectivity index is 1.93. The quantitative estimate of drug-likeness (QED) is 0.396. The fourth-order valence-electron chi connectivity index (χ4n) is 2.79. The van der Waals surface area contributed by atoms with Crippen LogP contribution in [0.3, 0.4) is 0 Å². The van der Waals surface area contributed by atoms with Crippen LogP contribution in [-0.2, 0) is 10.0 Å². The van der Waals surface area contributed by atoms with Crippen molar-refractivity contribution >= 4 is 27.5 Å². The van der Waals surface area contributed by atoms with Gasteiger partial charge in [-0.3, -0.25) is 4.79 Å². The van der Waals surface area contributed by atoms with Crippen LogP contribution >= 0.6 is 0 Å². The summed E-state index contributed by atoms with van der Waals surface area (Å²) in [6.07, 6.45) is 0. The highest BCUT2D eigenvalue weighted by Crippen LogP contribution is 2.18. The molecule has 27 heavy (non-hydrogen) atoms. The van der Waals surface area contributed by atoms with Crippen LogP contribution in [-0.4, -0.2) is 51.2 Å². The minimum Gasteiger partial charge on any atom is -0.398 e. The number of carbonyl (C=O) groups excluding carboxylic acids is 1. The SMILES string of the molecule is NC(=NS(=O)(=O)c1ccccc1)c1cc(C(=O)N2CCNCC2)ccc1N. The van der Waals surface area contributed by atoms with Gasteiger partial charge < -0.3 is 21.7 Å². The molecule has 0 atom stereocenters. The Bertz CT molecular complexity index is 968. The Hall–Kier alpha value is -2.91. The number of nitrogens with one attached hydrogen (secondary N) is 1. The van der Waals surface area contributed by atoms with Crippen molar-refractivity contribution in [3.05, 3.63) is 59.7 Å². The van der Waals surface area contributed by atoms with Gasteiger partial charge in [0.25, 0.3) is 15.9 Å². The summed E-state index contributed by atoms with van der Waals surface area (Å²) < 4.78 is 28.5. The molecule has 0 saturated carbocycles. The summed E-state index contributed by atoms with van der Waals surface area (Å²) in [4.78, 5) is 14.4. The van der Waals surface area contributed by atoms with E-state index >= 15 is 0 Å². The number of hydrogen-bond acceptors (Lipinski definition) is 5. The summed E-state index contributed by atoms with van der Waals surface area (Å²) in [5, 5.41) is 3.18. The second-order valence-electron chi connectivity index (χ2n) is 6.11. The molecule has 2 aromatic rings. The van der Waals surface area contributed by atoms with E-state index in [9.17, 15) is 13.2 Å². The maximum atomic E-state index is 12.7. The molecule has 1 saturated heterocycles. The van der Waals surface area contributed by atoms with E-state index < -0.39 is 10.0 Å². The summed E-state index contributed by atoms with van der Waals surface area (Å²) >= 11 is 0. The van der Waals surface area contributed by atoms with Crippen LogP contribution in [0.2, 0.25) is 0 Å². The van der Waals surface area contributed by atoms with Crippen LogP contribution in [0.1, 0.15) is 15.9 Å². The van der Waals surface area contributed by atoms with Crippen molar-refractivity contribution in [2.24, 2.45) is 10.1 Å². The van der Waals surface area contributed by atoms with Gasteiger partial charge in [0, 0.05) is 43.0 Å². The Morgan fingerprint density at radius 2 is 1.74 bits per heavy atom. The van der Waals surface area contributed by atoms with Gasteiger partial charge in [-0.1, -0.05) is 18.2 Å². The molecule has 1 aliphatic rings. The fourth-order valence-corrected chi connectivity index (χ4v) is 3.75. The first kappa shape index (κ1) is 18.9. The molecule has 2 aromatic carbocycles. The standard InChI is InChI=1S/C18H21N5O3S/c19-16-7-6-13(18(24)23-10-8-21-9-11-23)12-15(16)17(20)22-27(25,26)14-4-2-1-3-5-14/h1-7,12,21H,8-11,19H2,(H2,20,22). The molecule has 1 fully saturated rings. The third-order valence-corrected chi connectivity index (χ3v) is 5.54. The van der Waals surface area contributed by atoms with Gasteiger partial charge in [-0.15, -0.1) is 4.40 Å². The molecular formula is C18H21N5O3S. The molecule has 3 rings (SSSR count). The van der Waals surface area contributed by atoms with Crippen LogP contribution in [0.5, 0.6) is 0 Å².